The largest absolute Gasteiger partial charge is 0.398 e. The fourth-order valence-electron chi connectivity index (χ4n) is 2.94. The van der Waals surface area contributed by atoms with Crippen molar-refractivity contribution in [1.82, 2.24) is 0 Å². The molecule has 0 aliphatic heterocycles. The first kappa shape index (κ1) is 13.8. The molecule has 3 aromatic rings. The fraction of sp³-hybridized carbons (Fsp3) is 0.0526. The Morgan fingerprint density at radius 3 is 1.05 bits per heavy atom. The zero-order chi connectivity index (χ0) is 14.5. The predicted octanol–water partition coefficient (Wildman–Crippen LogP) is 1.69. The minimum atomic E-state index is -2.34. The highest BCUT2D eigenvalue weighted by Gasteiger charge is 2.38. The lowest BCUT2D eigenvalue weighted by Gasteiger charge is -2.31. The molecule has 0 saturated heterocycles. The van der Waals surface area contributed by atoms with E-state index in [2.05, 4.69) is 72.8 Å². The maximum absolute atomic E-state index is 10.4. The molecule has 0 amide bonds. The predicted molar refractivity (Wildman–Crippen MR) is 91.1 cm³/mol. The highest BCUT2D eigenvalue weighted by molar-refractivity contribution is 7.11. The minimum Gasteiger partial charge on any atom is -0.398 e. The molecule has 0 atom stereocenters. The third kappa shape index (κ3) is 2.44. The van der Waals surface area contributed by atoms with Crippen LogP contribution in [-0.2, 0) is 0 Å². The topological polar surface area (TPSA) is 20.2 Å². The van der Waals surface area contributed by atoms with Gasteiger partial charge in [0.25, 0.3) is 0 Å². The zero-order valence-corrected chi connectivity index (χ0v) is 12.8. The van der Waals surface area contributed by atoms with Gasteiger partial charge in [0.15, 0.2) is 8.07 Å². The van der Waals surface area contributed by atoms with Crippen molar-refractivity contribution < 1.29 is 5.11 Å². The number of hydrogen-bond donors (Lipinski definition) is 1. The van der Waals surface area contributed by atoms with Crippen molar-refractivity contribution in [2.45, 2.75) is 0 Å². The summed E-state index contributed by atoms with van der Waals surface area (Å²) in [6.07, 6.45) is 0.172. The molecule has 0 aliphatic carbocycles. The van der Waals surface area contributed by atoms with E-state index in [0.29, 0.717) is 0 Å². The van der Waals surface area contributed by atoms with Gasteiger partial charge in [-0.15, -0.1) is 0 Å². The van der Waals surface area contributed by atoms with E-state index in [1.807, 2.05) is 18.2 Å². The fourth-order valence-corrected chi connectivity index (χ4v) is 6.77. The molecule has 1 N–H and O–H groups in total. The van der Waals surface area contributed by atoms with Crippen LogP contribution in [0.2, 0.25) is 0 Å². The van der Waals surface area contributed by atoms with Crippen molar-refractivity contribution in [3.05, 3.63) is 91.0 Å². The van der Waals surface area contributed by atoms with Gasteiger partial charge in [-0.05, 0) is 15.6 Å². The van der Waals surface area contributed by atoms with Gasteiger partial charge in [-0.3, -0.25) is 0 Å². The average Bonchev–Trinajstić information content (AvgIpc) is 2.59. The molecule has 0 aromatic heterocycles. The van der Waals surface area contributed by atoms with Crippen LogP contribution in [0.3, 0.4) is 0 Å². The van der Waals surface area contributed by atoms with Gasteiger partial charge in [0.2, 0.25) is 0 Å². The van der Waals surface area contributed by atoms with Gasteiger partial charge in [-0.1, -0.05) is 91.0 Å². The smallest absolute Gasteiger partial charge is 0.174 e. The van der Waals surface area contributed by atoms with E-state index >= 15 is 0 Å². The summed E-state index contributed by atoms with van der Waals surface area (Å²) in [7, 11) is -2.34. The second-order valence-electron chi connectivity index (χ2n) is 5.16. The second kappa shape index (κ2) is 6.08. The first-order valence-corrected chi connectivity index (χ1v) is 9.36. The minimum absolute atomic E-state index is 0.172. The quantitative estimate of drug-likeness (QED) is 0.573. The summed E-state index contributed by atoms with van der Waals surface area (Å²) in [4.78, 5) is 0. The molecule has 0 unspecified atom stereocenters. The summed E-state index contributed by atoms with van der Waals surface area (Å²) in [6, 6.07) is 31.2. The van der Waals surface area contributed by atoms with Crippen LogP contribution in [0.1, 0.15) is 0 Å². The Morgan fingerprint density at radius 2 is 0.810 bits per heavy atom. The van der Waals surface area contributed by atoms with Crippen LogP contribution in [0.25, 0.3) is 0 Å². The molecule has 21 heavy (non-hydrogen) atoms. The Hall–Kier alpha value is -2.16. The van der Waals surface area contributed by atoms with Crippen LogP contribution < -0.4 is 15.6 Å². The summed E-state index contributed by atoms with van der Waals surface area (Å²) in [6.45, 7) is 0. The SMILES string of the molecule is OC[Si](c1ccccc1)(c1ccccc1)c1ccccc1. The monoisotopic (exact) mass is 290 g/mol. The maximum Gasteiger partial charge on any atom is 0.174 e. The number of aliphatic hydroxyl groups is 1. The molecule has 1 nitrogen and oxygen atoms in total. The summed E-state index contributed by atoms with van der Waals surface area (Å²) in [5.41, 5.74) is 0. The van der Waals surface area contributed by atoms with Gasteiger partial charge in [0.1, 0.15) is 0 Å². The standard InChI is InChI=1S/C19H18OSi/c20-16-21(17-10-4-1-5-11-17,18-12-6-2-7-13-18)19-14-8-3-9-15-19/h1-15,20H,16H2. The van der Waals surface area contributed by atoms with E-state index in [0.717, 1.165) is 0 Å². The molecule has 104 valence electrons. The Balaban J connectivity index is 2.29. The lowest BCUT2D eigenvalue weighted by atomic mass is 10.3. The molecule has 0 bridgehead atoms. The molecule has 0 radical (unpaired) electrons. The van der Waals surface area contributed by atoms with E-state index in [-0.39, 0.29) is 6.23 Å². The van der Waals surface area contributed by atoms with Crippen LogP contribution in [0, 0.1) is 0 Å². The molecule has 0 fully saturated rings. The van der Waals surface area contributed by atoms with E-state index in [4.69, 9.17) is 0 Å². The highest BCUT2D eigenvalue weighted by Crippen LogP contribution is 2.06. The number of benzene rings is 3. The molecular weight excluding hydrogens is 272 g/mol. The molecule has 0 spiro atoms. The van der Waals surface area contributed by atoms with Crippen molar-refractivity contribution in [2.75, 3.05) is 6.23 Å². The molecule has 0 aliphatic rings. The molecule has 3 aromatic carbocycles. The molecule has 3 rings (SSSR count). The third-order valence-corrected chi connectivity index (χ3v) is 8.47. The van der Waals surface area contributed by atoms with Gasteiger partial charge in [0, 0.05) is 6.23 Å². The van der Waals surface area contributed by atoms with Crippen LogP contribution in [0.5, 0.6) is 0 Å². The van der Waals surface area contributed by atoms with Gasteiger partial charge in [-0.2, -0.15) is 0 Å². The summed E-state index contributed by atoms with van der Waals surface area (Å²) in [5.74, 6) is 0. The average molecular weight is 290 g/mol. The Kier molecular flexibility index (Phi) is 4.00. The van der Waals surface area contributed by atoms with Crippen molar-refractivity contribution in [3.8, 4) is 0 Å². The first-order chi connectivity index (χ1) is 10.4. The number of aliphatic hydroxyl groups excluding tert-OH is 1. The maximum atomic E-state index is 10.4. The van der Waals surface area contributed by atoms with Crippen LogP contribution in [-0.4, -0.2) is 19.4 Å². The second-order valence-corrected chi connectivity index (χ2v) is 9.02. The Labute approximate surface area is 126 Å². The highest BCUT2D eigenvalue weighted by atomic mass is 28.3. The Bertz CT molecular complexity index is 584. The first-order valence-electron chi connectivity index (χ1n) is 7.15. The number of hydrogen-bond acceptors (Lipinski definition) is 1. The Morgan fingerprint density at radius 1 is 0.524 bits per heavy atom. The van der Waals surface area contributed by atoms with E-state index < -0.39 is 8.07 Å². The third-order valence-electron chi connectivity index (χ3n) is 4.04. The summed E-state index contributed by atoms with van der Waals surface area (Å²) in [5, 5.41) is 14.1. The lowest BCUT2D eigenvalue weighted by Crippen LogP contribution is -2.70. The summed E-state index contributed by atoms with van der Waals surface area (Å²) < 4.78 is 0. The molecule has 2 heteroatoms. The van der Waals surface area contributed by atoms with Crippen LogP contribution in [0.4, 0.5) is 0 Å². The van der Waals surface area contributed by atoms with Crippen molar-refractivity contribution in [3.63, 3.8) is 0 Å². The van der Waals surface area contributed by atoms with E-state index in [9.17, 15) is 5.11 Å². The molecule has 0 saturated carbocycles. The zero-order valence-electron chi connectivity index (χ0n) is 11.8. The van der Waals surface area contributed by atoms with Crippen molar-refractivity contribution in [1.29, 1.82) is 0 Å². The van der Waals surface area contributed by atoms with Gasteiger partial charge < -0.3 is 5.11 Å². The van der Waals surface area contributed by atoms with E-state index in [1.165, 1.54) is 15.6 Å². The number of rotatable bonds is 4. The molecular formula is C19H18OSi. The normalized spacial score (nSPS) is 11.3. The van der Waals surface area contributed by atoms with E-state index in [1.54, 1.807) is 0 Å². The van der Waals surface area contributed by atoms with Gasteiger partial charge in [-0.25, -0.2) is 0 Å². The van der Waals surface area contributed by atoms with Crippen molar-refractivity contribution >= 4 is 23.6 Å². The summed E-state index contributed by atoms with van der Waals surface area (Å²) >= 11 is 0. The van der Waals surface area contributed by atoms with Gasteiger partial charge in [0.05, 0.1) is 0 Å². The van der Waals surface area contributed by atoms with Gasteiger partial charge >= 0.3 is 0 Å². The lowest BCUT2D eigenvalue weighted by molar-refractivity contribution is 0.362. The van der Waals surface area contributed by atoms with Crippen molar-refractivity contribution in [2.24, 2.45) is 0 Å². The molecule has 0 heterocycles. The van der Waals surface area contributed by atoms with Crippen LogP contribution in [0.15, 0.2) is 91.0 Å². The van der Waals surface area contributed by atoms with Crippen LogP contribution >= 0.6 is 0 Å².